The van der Waals surface area contributed by atoms with Crippen LogP contribution in [0.25, 0.3) is 10.8 Å². The number of rotatable bonds is 2. The SMILES string of the molecule is [NH2+][C@@H](c1ccccc1)c1c(O)ccc2ccccc12. The lowest BCUT2D eigenvalue weighted by Crippen LogP contribution is -2.54. The fourth-order valence-corrected chi connectivity index (χ4v) is 2.44. The van der Waals surface area contributed by atoms with Crippen LogP contribution in [0.3, 0.4) is 0 Å². The Morgan fingerprint density at radius 2 is 1.47 bits per heavy atom. The molecule has 0 aliphatic heterocycles. The van der Waals surface area contributed by atoms with Gasteiger partial charge in [0.05, 0.1) is 5.56 Å². The molecular weight excluding hydrogens is 234 g/mol. The summed E-state index contributed by atoms with van der Waals surface area (Å²) in [5, 5.41) is 12.2. The van der Waals surface area contributed by atoms with Crippen molar-refractivity contribution in [2.24, 2.45) is 0 Å². The first-order valence-electron chi connectivity index (χ1n) is 6.28. The van der Waals surface area contributed by atoms with Gasteiger partial charge in [0.1, 0.15) is 5.75 Å². The Balaban J connectivity index is 2.22. The van der Waals surface area contributed by atoms with E-state index in [2.05, 4.69) is 0 Å². The highest BCUT2D eigenvalue weighted by Gasteiger charge is 2.21. The smallest absolute Gasteiger partial charge is 0.184 e. The molecule has 0 aliphatic rings. The van der Waals surface area contributed by atoms with Crippen molar-refractivity contribution in [2.75, 3.05) is 0 Å². The Morgan fingerprint density at radius 1 is 0.789 bits per heavy atom. The van der Waals surface area contributed by atoms with Gasteiger partial charge in [-0.05, 0) is 16.8 Å². The molecule has 0 fully saturated rings. The summed E-state index contributed by atoms with van der Waals surface area (Å²) < 4.78 is 0. The lowest BCUT2D eigenvalue weighted by atomic mass is 9.93. The molecule has 0 aromatic heterocycles. The third-order valence-electron chi connectivity index (χ3n) is 3.42. The van der Waals surface area contributed by atoms with Crippen molar-refractivity contribution in [3.8, 4) is 5.75 Å². The van der Waals surface area contributed by atoms with Crippen LogP contribution in [-0.2, 0) is 0 Å². The van der Waals surface area contributed by atoms with Crippen molar-refractivity contribution in [1.29, 1.82) is 0 Å². The van der Waals surface area contributed by atoms with E-state index in [-0.39, 0.29) is 11.8 Å². The molecule has 1 atom stereocenters. The van der Waals surface area contributed by atoms with Gasteiger partial charge in [0, 0.05) is 5.56 Å². The number of phenols is 1. The van der Waals surface area contributed by atoms with E-state index in [9.17, 15) is 5.11 Å². The number of aromatic hydroxyl groups is 1. The first-order chi connectivity index (χ1) is 9.27. The Bertz CT molecular complexity index is 707. The van der Waals surface area contributed by atoms with E-state index in [1.807, 2.05) is 60.7 Å². The van der Waals surface area contributed by atoms with Crippen molar-refractivity contribution in [1.82, 2.24) is 0 Å². The Kier molecular flexibility index (Phi) is 2.94. The van der Waals surface area contributed by atoms with Crippen LogP contribution in [0, 0.1) is 0 Å². The highest BCUT2D eigenvalue weighted by atomic mass is 16.3. The predicted octanol–water partition coefficient (Wildman–Crippen LogP) is 2.66. The van der Waals surface area contributed by atoms with Gasteiger partial charge in [-0.1, -0.05) is 60.7 Å². The fraction of sp³-hybridized carbons (Fsp3) is 0.0588. The van der Waals surface area contributed by atoms with Crippen LogP contribution >= 0.6 is 0 Å². The lowest BCUT2D eigenvalue weighted by molar-refractivity contribution is -0.411. The summed E-state index contributed by atoms with van der Waals surface area (Å²) in [4.78, 5) is 0. The average Bonchev–Trinajstić information content (AvgIpc) is 2.47. The van der Waals surface area contributed by atoms with Crippen LogP contribution in [0.5, 0.6) is 5.75 Å². The van der Waals surface area contributed by atoms with Crippen molar-refractivity contribution in [3.05, 3.63) is 77.9 Å². The molecular formula is C17H15NO+. The van der Waals surface area contributed by atoms with Gasteiger partial charge in [-0.3, -0.25) is 0 Å². The second-order valence-electron chi connectivity index (χ2n) is 4.61. The average molecular weight is 249 g/mol. The van der Waals surface area contributed by atoms with Gasteiger partial charge < -0.3 is 5.11 Å². The van der Waals surface area contributed by atoms with Gasteiger partial charge in [0.2, 0.25) is 0 Å². The molecule has 3 aromatic carbocycles. The quantitative estimate of drug-likeness (QED) is 0.720. The third kappa shape index (κ3) is 2.07. The maximum Gasteiger partial charge on any atom is 0.184 e. The van der Waals surface area contributed by atoms with Crippen molar-refractivity contribution >= 4 is 10.8 Å². The zero-order chi connectivity index (χ0) is 13.2. The molecule has 0 heterocycles. The second-order valence-corrected chi connectivity index (χ2v) is 4.61. The number of hydrogen-bond acceptors (Lipinski definition) is 2. The van der Waals surface area contributed by atoms with E-state index in [0.717, 1.165) is 21.9 Å². The largest absolute Gasteiger partial charge is 0.507 e. The molecule has 3 rings (SSSR count). The number of hydrogen-bond donors (Lipinski definition) is 2. The molecule has 2 nitrogen and oxygen atoms in total. The molecule has 0 saturated heterocycles. The maximum absolute atomic E-state index is 10.2. The zero-order valence-corrected chi connectivity index (χ0v) is 10.5. The summed E-state index contributed by atoms with van der Waals surface area (Å²) in [7, 11) is 0. The van der Waals surface area contributed by atoms with Gasteiger partial charge >= 0.3 is 0 Å². The van der Waals surface area contributed by atoms with Gasteiger partial charge in [0.25, 0.3) is 0 Å². The third-order valence-corrected chi connectivity index (χ3v) is 3.42. The molecule has 0 aliphatic carbocycles. The molecule has 0 saturated carbocycles. The van der Waals surface area contributed by atoms with Gasteiger partial charge in [-0.2, -0.15) is 5.73 Å². The van der Waals surface area contributed by atoms with E-state index in [4.69, 9.17) is 5.73 Å². The standard InChI is InChI=1S/C17H15NO/c18-17(13-7-2-1-3-8-13)16-14-9-5-4-6-12(14)10-11-15(16)19/h1-11,17,19H,18H2/q+1/t17-/m0/s1. The normalized spacial score (nSPS) is 12.5. The zero-order valence-electron chi connectivity index (χ0n) is 10.5. The minimum atomic E-state index is -0.327. The summed E-state index contributed by atoms with van der Waals surface area (Å²) in [6, 6.07) is 21.1. The highest BCUT2D eigenvalue weighted by molar-refractivity contribution is 5.88. The van der Waals surface area contributed by atoms with Crippen LogP contribution < -0.4 is 5.73 Å². The number of fused-ring (bicyclic) bond motifs is 1. The summed E-state index contributed by atoms with van der Waals surface area (Å²) in [5.74, 6) is 0.245. The van der Waals surface area contributed by atoms with Crippen molar-refractivity contribution < 1.29 is 10.8 Å². The molecule has 0 bridgehead atoms. The topological polar surface area (TPSA) is 45.5 Å². The molecule has 2 heteroatoms. The Hall–Kier alpha value is -2.32. The van der Waals surface area contributed by atoms with Crippen LogP contribution in [-0.4, -0.2) is 5.11 Å². The number of nitrogens with two attached hydrogens (primary N) is 1. The van der Waals surface area contributed by atoms with Crippen LogP contribution in [0.1, 0.15) is 17.2 Å². The minimum Gasteiger partial charge on any atom is -0.507 e. The maximum atomic E-state index is 10.2. The molecule has 3 aromatic rings. The summed E-state index contributed by atoms with van der Waals surface area (Å²) >= 11 is 0. The summed E-state index contributed by atoms with van der Waals surface area (Å²) in [6.45, 7) is 0. The monoisotopic (exact) mass is 249 g/mol. The Labute approximate surface area is 112 Å². The molecule has 19 heavy (non-hydrogen) atoms. The lowest BCUT2D eigenvalue weighted by Gasteiger charge is -2.12. The summed E-state index contributed by atoms with van der Waals surface area (Å²) in [6.07, 6.45) is 0. The van der Waals surface area contributed by atoms with Gasteiger partial charge in [-0.15, -0.1) is 0 Å². The number of phenolic OH excluding ortho intramolecular Hbond substituents is 1. The van der Waals surface area contributed by atoms with Crippen LogP contribution in [0.2, 0.25) is 0 Å². The molecule has 1 radical (unpaired) electrons. The van der Waals surface area contributed by atoms with E-state index < -0.39 is 0 Å². The Morgan fingerprint density at radius 3 is 2.26 bits per heavy atom. The molecule has 3 N–H and O–H groups in total. The highest BCUT2D eigenvalue weighted by Crippen LogP contribution is 2.33. The van der Waals surface area contributed by atoms with Gasteiger partial charge in [-0.25, -0.2) is 0 Å². The molecule has 0 spiro atoms. The molecule has 0 unspecified atom stereocenters. The van der Waals surface area contributed by atoms with Crippen molar-refractivity contribution in [3.63, 3.8) is 0 Å². The van der Waals surface area contributed by atoms with E-state index in [0.29, 0.717) is 0 Å². The minimum absolute atomic E-state index is 0.245. The predicted molar refractivity (Wildman–Crippen MR) is 75.8 cm³/mol. The van der Waals surface area contributed by atoms with E-state index >= 15 is 0 Å². The van der Waals surface area contributed by atoms with Crippen LogP contribution in [0.4, 0.5) is 0 Å². The van der Waals surface area contributed by atoms with Crippen LogP contribution in [0.15, 0.2) is 66.7 Å². The molecule has 0 amide bonds. The van der Waals surface area contributed by atoms with E-state index in [1.54, 1.807) is 6.07 Å². The number of benzene rings is 3. The first-order valence-corrected chi connectivity index (χ1v) is 6.28. The summed E-state index contributed by atoms with van der Waals surface area (Å²) in [5.41, 5.74) is 8.10. The molecule has 93 valence electrons. The first kappa shape index (κ1) is 11.8. The van der Waals surface area contributed by atoms with E-state index in [1.165, 1.54) is 0 Å². The fourth-order valence-electron chi connectivity index (χ4n) is 2.44. The van der Waals surface area contributed by atoms with Gasteiger partial charge in [0.15, 0.2) is 6.04 Å². The van der Waals surface area contributed by atoms with Crippen molar-refractivity contribution in [2.45, 2.75) is 6.04 Å². The second kappa shape index (κ2) is 4.75.